The number of hydrogen-bond donors (Lipinski definition) is 1. The van der Waals surface area contributed by atoms with Gasteiger partial charge in [-0.05, 0) is 80.9 Å². The highest BCUT2D eigenvalue weighted by Crippen LogP contribution is 2.41. The van der Waals surface area contributed by atoms with Gasteiger partial charge in [0, 0.05) is 34.8 Å². The second-order valence-electron chi connectivity index (χ2n) is 8.27. The van der Waals surface area contributed by atoms with Gasteiger partial charge in [-0.3, -0.25) is 4.98 Å². The molecule has 0 unspecified atom stereocenters. The quantitative estimate of drug-likeness (QED) is 0.450. The average Bonchev–Trinajstić information content (AvgIpc) is 3.24. The van der Waals surface area contributed by atoms with E-state index in [9.17, 15) is 0 Å². The Morgan fingerprint density at radius 3 is 2.65 bits per heavy atom. The zero-order valence-electron chi connectivity index (χ0n) is 18.5. The van der Waals surface area contributed by atoms with Crippen LogP contribution in [0.4, 0.5) is 0 Å². The van der Waals surface area contributed by atoms with E-state index in [0.29, 0.717) is 0 Å². The molecule has 1 fully saturated rings. The predicted octanol–water partition coefficient (Wildman–Crippen LogP) is 6.22. The highest BCUT2D eigenvalue weighted by molar-refractivity contribution is 7.80. The van der Waals surface area contributed by atoms with Crippen LogP contribution >= 0.6 is 23.8 Å². The van der Waals surface area contributed by atoms with Crippen molar-refractivity contribution in [1.82, 2.24) is 19.8 Å². The van der Waals surface area contributed by atoms with Crippen molar-refractivity contribution < 1.29 is 0 Å². The molecule has 0 saturated carbocycles. The van der Waals surface area contributed by atoms with Gasteiger partial charge in [-0.25, -0.2) is 0 Å². The number of nitrogens with zero attached hydrogens (tertiary/aromatic N) is 3. The van der Waals surface area contributed by atoms with Crippen LogP contribution in [0.1, 0.15) is 60.1 Å². The minimum atomic E-state index is 0.0139. The lowest BCUT2D eigenvalue weighted by Gasteiger charge is -2.28. The van der Waals surface area contributed by atoms with E-state index in [1.807, 2.05) is 30.5 Å². The summed E-state index contributed by atoms with van der Waals surface area (Å²) in [6, 6.07) is 14.5. The summed E-state index contributed by atoms with van der Waals surface area (Å²) in [5.74, 6) is 0. The molecule has 0 spiro atoms. The van der Waals surface area contributed by atoms with Gasteiger partial charge in [0.2, 0.25) is 0 Å². The predicted molar refractivity (Wildman–Crippen MR) is 132 cm³/mol. The molecule has 0 bridgehead atoms. The van der Waals surface area contributed by atoms with E-state index in [-0.39, 0.29) is 12.1 Å². The second kappa shape index (κ2) is 9.01. The van der Waals surface area contributed by atoms with E-state index in [0.717, 1.165) is 40.9 Å². The highest BCUT2D eigenvalue weighted by atomic mass is 35.5. The molecule has 0 radical (unpaired) electrons. The van der Waals surface area contributed by atoms with Crippen LogP contribution in [0, 0.1) is 20.8 Å². The van der Waals surface area contributed by atoms with Crippen molar-refractivity contribution >= 4 is 28.9 Å². The lowest BCUT2D eigenvalue weighted by molar-refractivity contribution is 0.312. The van der Waals surface area contributed by atoms with Gasteiger partial charge in [-0.15, -0.1) is 0 Å². The molecule has 6 heteroatoms. The highest BCUT2D eigenvalue weighted by Gasteiger charge is 2.41. The lowest BCUT2D eigenvalue weighted by atomic mass is 9.96. The SMILES string of the molecule is CCCCN1C(=S)N[C@@H](c2ccccn2)[C@@H]1c1cc(C)n(-c2cc(Cl)ccc2C)c1C. The minimum Gasteiger partial charge on any atom is -0.352 e. The van der Waals surface area contributed by atoms with Crippen molar-refractivity contribution in [2.75, 3.05) is 6.54 Å². The van der Waals surface area contributed by atoms with Gasteiger partial charge in [0.25, 0.3) is 0 Å². The van der Waals surface area contributed by atoms with Crippen LogP contribution < -0.4 is 5.32 Å². The molecule has 1 aliphatic rings. The normalized spacial score (nSPS) is 18.5. The minimum absolute atomic E-state index is 0.0139. The third-order valence-corrected chi connectivity index (χ3v) is 6.74. The largest absolute Gasteiger partial charge is 0.352 e. The average molecular weight is 453 g/mol. The number of rotatable bonds is 6. The van der Waals surface area contributed by atoms with Gasteiger partial charge >= 0.3 is 0 Å². The maximum Gasteiger partial charge on any atom is 0.170 e. The van der Waals surface area contributed by atoms with Crippen molar-refractivity contribution in [3.05, 3.63) is 81.9 Å². The molecule has 1 saturated heterocycles. The molecule has 0 aliphatic carbocycles. The molecule has 1 N–H and O–H groups in total. The Bertz CT molecular complexity index is 1090. The van der Waals surface area contributed by atoms with E-state index in [1.165, 1.54) is 22.5 Å². The fourth-order valence-corrected chi connectivity index (χ4v) is 5.09. The van der Waals surface area contributed by atoms with Crippen molar-refractivity contribution in [2.45, 2.75) is 52.6 Å². The number of unbranched alkanes of at least 4 members (excludes halogenated alkanes) is 1. The summed E-state index contributed by atoms with van der Waals surface area (Å²) in [7, 11) is 0. The van der Waals surface area contributed by atoms with Gasteiger partial charge in [-0.2, -0.15) is 0 Å². The maximum atomic E-state index is 6.35. The number of nitrogens with one attached hydrogen (secondary N) is 1. The summed E-state index contributed by atoms with van der Waals surface area (Å²) >= 11 is 12.1. The zero-order valence-corrected chi connectivity index (χ0v) is 20.1. The number of aromatic nitrogens is 2. The topological polar surface area (TPSA) is 33.1 Å². The molecule has 162 valence electrons. The lowest BCUT2D eigenvalue weighted by Crippen LogP contribution is -2.30. The molecule has 1 aromatic carbocycles. The van der Waals surface area contributed by atoms with E-state index in [1.54, 1.807) is 0 Å². The van der Waals surface area contributed by atoms with Crippen LogP contribution in [0.25, 0.3) is 5.69 Å². The molecule has 1 aliphatic heterocycles. The Morgan fingerprint density at radius 2 is 1.94 bits per heavy atom. The molecule has 31 heavy (non-hydrogen) atoms. The summed E-state index contributed by atoms with van der Waals surface area (Å²) in [5.41, 5.74) is 7.00. The maximum absolute atomic E-state index is 6.35. The van der Waals surface area contributed by atoms with E-state index in [2.05, 4.69) is 65.7 Å². The zero-order chi connectivity index (χ0) is 22.1. The Balaban J connectivity index is 1.84. The molecule has 3 heterocycles. The van der Waals surface area contributed by atoms with E-state index in [4.69, 9.17) is 23.8 Å². The number of halogens is 1. The first-order chi connectivity index (χ1) is 14.9. The van der Waals surface area contributed by atoms with Crippen LogP contribution in [-0.4, -0.2) is 26.1 Å². The first-order valence-electron chi connectivity index (χ1n) is 10.9. The van der Waals surface area contributed by atoms with Crippen LogP contribution in [0.3, 0.4) is 0 Å². The van der Waals surface area contributed by atoms with Crippen LogP contribution in [0.15, 0.2) is 48.7 Å². The summed E-state index contributed by atoms with van der Waals surface area (Å²) < 4.78 is 2.31. The fourth-order valence-electron chi connectivity index (χ4n) is 4.59. The summed E-state index contributed by atoms with van der Waals surface area (Å²) in [6.07, 6.45) is 4.07. The first-order valence-corrected chi connectivity index (χ1v) is 11.6. The number of pyridine rings is 1. The van der Waals surface area contributed by atoms with Gasteiger partial charge in [-0.1, -0.05) is 37.1 Å². The number of thiocarbonyl (C=S) groups is 1. The van der Waals surface area contributed by atoms with Crippen LogP contribution in [0.5, 0.6) is 0 Å². The fraction of sp³-hybridized carbons (Fsp3) is 0.360. The van der Waals surface area contributed by atoms with E-state index >= 15 is 0 Å². The second-order valence-corrected chi connectivity index (χ2v) is 9.09. The van der Waals surface area contributed by atoms with Crippen molar-refractivity contribution in [2.24, 2.45) is 0 Å². The Hall–Kier alpha value is -2.37. The summed E-state index contributed by atoms with van der Waals surface area (Å²) in [5, 5.41) is 5.11. The number of aryl methyl sites for hydroxylation is 2. The van der Waals surface area contributed by atoms with Crippen LogP contribution in [0.2, 0.25) is 5.02 Å². The van der Waals surface area contributed by atoms with Gasteiger partial charge in [0.05, 0.1) is 17.8 Å². The molecule has 2 atom stereocenters. The Labute approximate surface area is 195 Å². The standard InChI is InChI=1S/C25H29ClN4S/c1-5-6-13-29-24(23(28-25(29)31)21-9-7-8-12-27-21)20-14-17(3)30(18(20)4)22-15-19(26)11-10-16(22)2/h7-12,14-15,23-24H,5-6,13H2,1-4H3,(H,28,31)/t23-,24-/m0/s1. The Morgan fingerprint density at radius 1 is 1.13 bits per heavy atom. The van der Waals surface area contributed by atoms with Gasteiger partial charge in [0.1, 0.15) is 0 Å². The summed E-state index contributed by atoms with van der Waals surface area (Å²) in [4.78, 5) is 7.00. The summed E-state index contributed by atoms with van der Waals surface area (Å²) in [6.45, 7) is 9.61. The molecular weight excluding hydrogens is 424 g/mol. The molecule has 2 aromatic heterocycles. The van der Waals surface area contributed by atoms with Crippen molar-refractivity contribution in [1.29, 1.82) is 0 Å². The molecule has 3 aromatic rings. The monoisotopic (exact) mass is 452 g/mol. The van der Waals surface area contributed by atoms with Gasteiger partial charge < -0.3 is 14.8 Å². The smallest absolute Gasteiger partial charge is 0.170 e. The molecule has 4 rings (SSSR count). The molecule has 4 nitrogen and oxygen atoms in total. The van der Waals surface area contributed by atoms with Gasteiger partial charge in [0.15, 0.2) is 5.11 Å². The number of hydrogen-bond acceptors (Lipinski definition) is 2. The van der Waals surface area contributed by atoms with Crippen molar-refractivity contribution in [3.63, 3.8) is 0 Å². The third-order valence-electron chi connectivity index (χ3n) is 6.15. The van der Waals surface area contributed by atoms with E-state index < -0.39 is 0 Å². The Kier molecular flexibility index (Phi) is 6.35. The van der Waals surface area contributed by atoms with Crippen molar-refractivity contribution in [3.8, 4) is 5.69 Å². The molecular formula is C25H29ClN4S. The third kappa shape index (κ3) is 4.09. The molecule has 0 amide bonds. The number of benzene rings is 1. The first kappa shape index (κ1) is 21.8. The van der Waals surface area contributed by atoms with Crippen LogP contribution in [-0.2, 0) is 0 Å².